The van der Waals surface area contributed by atoms with E-state index >= 15 is 22.0 Å². The molecule has 0 unspecified atom stereocenters. The third-order valence-electron chi connectivity index (χ3n) is 18.5. The van der Waals surface area contributed by atoms with Gasteiger partial charge in [0.2, 0.25) is 16.3 Å². The molecule has 3 saturated heterocycles. The summed E-state index contributed by atoms with van der Waals surface area (Å²) in [6.07, 6.45) is 2.56. The molecule has 9 heterocycles. The zero-order valence-corrected chi connectivity index (χ0v) is 58.1. The fraction of sp³-hybridized carbons (Fsp3) is 0.261. The largest absolute Gasteiger partial charge is 0.477 e. The first kappa shape index (κ1) is 76.8. The number of piperazine rings is 3. The van der Waals surface area contributed by atoms with E-state index in [1.165, 1.54) is 21.9 Å². The second-order valence-electron chi connectivity index (χ2n) is 25.4. The number of benzene rings is 3. The van der Waals surface area contributed by atoms with Gasteiger partial charge in [-0.3, -0.25) is 81.4 Å². The van der Waals surface area contributed by atoms with Crippen LogP contribution in [0.15, 0.2) is 112 Å². The van der Waals surface area contributed by atoms with Gasteiger partial charge in [0.1, 0.15) is 57.4 Å². The number of pyridine rings is 6. The van der Waals surface area contributed by atoms with Crippen LogP contribution in [-0.2, 0) is 0 Å². The van der Waals surface area contributed by atoms with Crippen molar-refractivity contribution in [2.75, 3.05) is 133 Å². The number of hydrogen-bond acceptors (Lipinski definition) is 19. The van der Waals surface area contributed by atoms with Gasteiger partial charge in [-0.2, -0.15) is 0 Å². The third-order valence-corrected chi connectivity index (χ3v) is 18.5. The first-order valence-corrected chi connectivity index (χ1v) is 33.9. The maximum atomic E-state index is 15.9. The molecule has 15 N–H and O–H groups in total. The van der Waals surface area contributed by atoms with Gasteiger partial charge in [0.15, 0.2) is 76.0 Å². The molecule has 9 aromatic rings. The van der Waals surface area contributed by atoms with Crippen LogP contribution in [0, 0.1) is 79.0 Å². The van der Waals surface area contributed by atoms with Gasteiger partial charge in [-0.05, 0) is 60.7 Å². The summed E-state index contributed by atoms with van der Waals surface area (Å²) >= 11 is 0. The molecule has 3 aromatic carbocycles. The summed E-state index contributed by atoms with van der Waals surface area (Å²) in [7, 11) is 0. The number of guanidine groups is 6. The Labute approximate surface area is 620 Å². The smallest absolute Gasteiger partial charge is 0.341 e. The molecule has 6 aromatic heterocycles. The second kappa shape index (κ2) is 32.3. The molecule has 0 amide bonds. The summed E-state index contributed by atoms with van der Waals surface area (Å²) in [5.41, 5.74) is -7.07. The monoisotopic (exact) mass is 1540 g/mol. The highest BCUT2D eigenvalue weighted by atomic mass is 19.2. The van der Waals surface area contributed by atoms with Gasteiger partial charge in [0.05, 0.1) is 33.2 Å². The Morgan fingerprint density at radius 1 is 0.387 bits per heavy atom. The van der Waals surface area contributed by atoms with E-state index in [-0.39, 0.29) is 205 Å². The average molecular weight is 1540 g/mol. The van der Waals surface area contributed by atoms with E-state index in [0.717, 1.165) is 80.8 Å². The van der Waals surface area contributed by atoms with Gasteiger partial charge in [-0.15, -0.1) is 0 Å². The molecule has 34 nitrogen and oxygen atoms in total. The zero-order valence-electron chi connectivity index (χ0n) is 58.1. The lowest BCUT2D eigenvalue weighted by molar-refractivity contribution is 0.0684. The molecule has 111 heavy (non-hydrogen) atoms. The molecule has 0 saturated carbocycles. The molecule has 3 aliphatic heterocycles. The Morgan fingerprint density at radius 2 is 0.694 bits per heavy atom. The van der Waals surface area contributed by atoms with Gasteiger partial charge in [-0.1, -0.05) is 0 Å². The number of aromatic nitrogens is 6. The minimum atomic E-state index is -1.68. The Balaban J connectivity index is 0.653. The number of carboxylic acids is 3. The van der Waals surface area contributed by atoms with Crippen LogP contribution in [0.3, 0.4) is 0 Å². The summed E-state index contributed by atoms with van der Waals surface area (Å²) in [6.45, 7) is 2.38. The molecule has 0 spiro atoms. The van der Waals surface area contributed by atoms with Crippen molar-refractivity contribution < 1.29 is 64.8 Å². The number of rotatable bonds is 18. The highest BCUT2D eigenvalue weighted by molar-refractivity contribution is 5.99. The third kappa shape index (κ3) is 16.7. The molecular weight excluding hydrogens is 1470 g/mol. The molecular formula is C69H67F8N25O9. The van der Waals surface area contributed by atoms with E-state index in [1.807, 2.05) is 9.80 Å². The first-order chi connectivity index (χ1) is 53.0. The van der Waals surface area contributed by atoms with Crippen molar-refractivity contribution in [3.8, 4) is 17.1 Å². The van der Waals surface area contributed by atoms with E-state index in [0.29, 0.717) is 24.0 Å². The maximum Gasteiger partial charge on any atom is 0.341 e. The second-order valence-corrected chi connectivity index (χ2v) is 25.4. The van der Waals surface area contributed by atoms with Crippen molar-refractivity contribution in [3.63, 3.8) is 0 Å². The van der Waals surface area contributed by atoms with Gasteiger partial charge in [0.25, 0.3) is 0 Å². The summed E-state index contributed by atoms with van der Waals surface area (Å²) in [6, 6.07) is 12.0. The van der Waals surface area contributed by atoms with E-state index in [2.05, 4.69) is 46.9 Å². The van der Waals surface area contributed by atoms with Crippen molar-refractivity contribution in [2.24, 2.45) is 0 Å². The highest BCUT2D eigenvalue weighted by Gasteiger charge is 2.31. The zero-order chi connectivity index (χ0) is 79.4. The Hall–Kier alpha value is -13.8. The minimum absolute atomic E-state index is 0.0394. The van der Waals surface area contributed by atoms with Crippen molar-refractivity contribution >= 4 is 104 Å². The number of fused-ring (bicyclic) bond motifs is 3. The fourth-order valence-corrected chi connectivity index (χ4v) is 12.8. The quantitative estimate of drug-likeness (QED) is 0.0333. The molecule has 578 valence electrons. The Kier molecular flexibility index (Phi) is 22.4. The Bertz CT molecular complexity index is 5290. The molecule has 0 bridgehead atoms. The predicted octanol–water partition coefficient (Wildman–Crippen LogP) is 3.21. The lowest BCUT2D eigenvalue weighted by Gasteiger charge is -2.37. The van der Waals surface area contributed by atoms with Crippen LogP contribution in [0.25, 0.3) is 50.2 Å². The number of halogens is 8. The lowest BCUT2D eigenvalue weighted by atomic mass is 10.1. The summed E-state index contributed by atoms with van der Waals surface area (Å²) in [5, 5.41) is 97.6. The van der Waals surface area contributed by atoms with Crippen LogP contribution >= 0.6 is 0 Å². The summed E-state index contributed by atoms with van der Waals surface area (Å²) in [4.78, 5) is 100. The molecule has 3 fully saturated rings. The van der Waals surface area contributed by atoms with Crippen LogP contribution < -0.4 is 62.9 Å². The van der Waals surface area contributed by atoms with E-state index in [4.69, 9.17) is 32.5 Å². The topological polar surface area (TPSA) is 455 Å². The van der Waals surface area contributed by atoms with E-state index in [9.17, 15) is 57.3 Å². The van der Waals surface area contributed by atoms with Crippen LogP contribution in [0.1, 0.15) is 31.1 Å². The number of carbonyl (C=O) groups is 3. The molecule has 3 aliphatic rings. The van der Waals surface area contributed by atoms with Gasteiger partial charge >= 0.3 is 17.9 Å². The highest BCUT2D eigenvalue weighted by Crippen LogP contribution is 2.30. The molecule has 42 heteroatoms. The van der Waals surface area contributed by atoms with Crippen molar-refractivity contribution in [1.29, 1.82) is 32.5 Å². The van der Waals surface area contributed by atoms with Gasteiger partial charge < -0.3 is 60.7 Å². The van der Waals surface area contributed by atoms with Gasteiger partial charge in [0, 0.05) is 155 Å². The predicted molar refractivity (Wildman–Crippen MR) is 390 cm³/mol. The normalized spacial score (nSPS) is 13.9. The summed E-state index contributed by atoms with van der Waals surface area (Å²) < 4.78 is 122. The standard InChI is InChI=1S/C69H67F8N25O9/c70-35-1-5-49(44(73)27-35)100-32-41(61(106)107)53(103)38-4-8-52(87-56(38)100)94-15-21-97(22-16-94)67(81)90-64(78)84-9-12-93(13-10-85-65(79)91-68(82)98-23-17-95(18-24-98)59-47(76)30-39-54(104)42(62(108)109)33-101(57(39)88-59)50-6-2-36(71)28-45(50)74)14-11-86-66(80)92-69(83)99-25-19-96(20-26-99)60-48(77)31-40-55(105)43(63(110)111)34-102(58(40)89-60)51-7-3-37(72)29-46(51)75/h1-8,27-34H,9-26H2,(H,106,107)(H,108,109)(H,110,111)(H4,78,81,84,90)(H4,79,82,85,91)(H4,80,83,86,92). The van der Waals surface area contributed by atoms with E-state index < -0.39 is 108 Å². The minimum Gasteiger partial charge on any atom is -0.477 e. The number of carboxylic acid groups (broad SMARTS) is 3. The van der Waals surface area contributed by atoms with Crippen LogP contribution in [0.2, 0.25) is 0 Å². The van der Waals surface area contributed by atoms with Crippen molar-refractivity contribution in [3.05, 3.63) is 191 Å². The van der Waals surface area contributed by atoms with Crippen LogP contribution in [-0.4, -0.2) is 235 Å². The van der Waals surface area contributed by atoms with Crippen LogP contribution in [0.4, 0.5) is 52.6 Å². The lowest BCUT2D eigenvalue weighted by Crippen LogP contribution is -2.56. The van der Waals surface area contributed by atoms with Crippen LogP contribution in [0.5, 0.6) is 0 Å². The maximum absolute atomic E-state index is 15.9. The summed E-state index contributed by atoms with van der Waals surface area (Å²) in [5.74, 6) is -14.6. The number of hydrogen-bond donors (Lipinski definition) is 15. The Morgan fingerprint density at radius 3 is 1.01 bits per heavy atom. The van der Waals surface area contributed by atoms with Gasteiger partial charge in [-0.25, -0.2) is 64.5 Å². The van der Waals surface area contributed by atoms with Crippen molar-refractivity contribution in [1.82, 2.24) is 80.2 Å². The van der Waals surface area contributed by atoms with Crippen molar-refractivity contribution in [2.45, 2.75) is 0 Å². The average Bonchev–Trinajstić information content (AvgIpc) is 0.757. The van der Waals surface area contributed by atoms with E-state index in [1.54, 1.807) is 14.7 Å². The number of anilines is 3. The molecule has 0 aliphatic carbocycles. The molecule has 12 rings (SSSR count). The number of nitrogens with zero attached hydrogens (tertiary/aromatic N) is 13. The SMILES string of the molecule is N=C(NCCN(CCNC(=N)NC(=N)N1CCN(c2nc3c(cc2F)c(=O)c(C(=O)O)cn3-c2ccc(F)cc2F)CC1)CCNC(=N)NC(=N)N1CCN(c2nc3c(cc2F)c(=O)c(C(=O)O)cn3-c2ccc(F)cc2F)CC1)NC(=N)N1CCN(c2ccc3c(=O)c(C(=O)O)cn(-c4ccc(F)cc4F)c3n2)CC1. The molecule has 0 radical (unpaired) electrons. The number of aromatic carboxylic acids is 3. The first-order valence-electron chi connectivity index (χ1n) is 33.9. The molecule has 0 atom stereocenters. The number of nitrogens with one attached hydrogen (secondary N) is 12. The fourth-order valence-electron chi connectivity index (χ4n) is 12.8.